The molecule has 0 saturated heterocycles. The molecule has 1 fully saturated rings. The lowest BCUT2D eigenvalue weighted by Crippen LogP contribution is -2.35. The fourth-order valence-corrected chi connectivity index (χ4v) is 3.28. The zero-order chi connectivity index (χ0) is 16.4. The predicted molar refractivity (Wildman–Crippen MR) is 92.5 cm³/mol. The molecule has 1 amide bonds. The molecule has 3 rings (SSSR count). The van der Waals surface area contributed by atoms with Crippen molar-refractivity contribution in [1.82, 2.24) is 20.1 Å². The first kappa shape index (κ1) is 16.3. The van der Waals surface area contributed by atoms with E-state index in [-0.39, 0.29) is 11.9 Å². The van der Waals surface area contributed by atoms with E-state index in [2.05, 4.69) is 22.4 Å². The molecule has 1 heterocycles. The normalized spacial score (nSPS) is 15.4. The van der Waals surface area contributed by atoms with Gasteiger partial charge in [-0.05, 0) is 49.9 Å². The molecule has 1 aromatic carbocycles. The van der Waals surface area contributed by atoms with Crippen LogP contribution in [0.4, 0.5) is 0 Å². The Morgan fingerprint density at radius 2 is 2.09 bits per heavy atom. The fourth-order valence-electron chi connectivity index (χ4n) is 2.43. The van der Waals surface area contributed by atoms with Crippen molar-refractivity contribution in [2.24, 2.45) is 13.0 Å². The Kier molecular flexibility index (Phi) is 4.92. The largest absolute Gasteiger partial charge is 0.353 e. The minimum absolute atomic E-state index is 0.0467. The number of carbonyl (C=O) groups is 1. The first-order valence-electron chi connectivity index (χ1n) is 7.62. The van der Waals surface area contributed by atoms with Crippen molar-refractivity contribution in [2.75, 3.05) is 5.75 Å². The Balaban J connectivity index is 1.60. The number of carbonyl (C=O) groups excluding carboxylic acids is 1. The van der Waals surface area contributed by atoms with Crippen molar-refractivity contribution >= 4 is 29.3 Å². The Labute approximate surface area is 144 Å². The first-order chi connectivity index (χ1) is 11.0. The maximum absolute atomic E-state index is 12.0. The van der Waals surface area contributed by atoms with Crippen LogP contribution in [0.1, 0.15) is 19.8 Å². The molecule has 1 N–H and O–H groups in total. The number of nitrogens with one attached hydrogen (secondary N) is 1. The van der Waals surface area contributed by atoms with E-state index < -0.39 is 0 Å². The van der Waals surface area contributed by atoms with Crippen LogP contribution in [-0.4, -0.2) is 32.5 Å². The van der Waals surface area contributed by atoms with Crippen LogP contribution >= 0.6 is 23.4 Å². The Bertz CT molecular complexity index is 697. The van der Waals surface area contributed by atoms with E-state index in [9.17, 15) is 4.79 Å². The average molecular weight is 351 g/mol. The standard InChI is InChI=1S/C16H19ClN4OS/c1-10(11-3-4-11)18-14(22)9-23-16-20-19-15(21(16)2)12-5-7-13(17)8-6-12/h5-8,10-11H,3-4,9H2,1-2H3,(H,18,22). The number of rotatable bonds is 6. The van der Waals surface area contributed by atoms with Crippen molar-refractivity contribution in [2.45, 2.75) is 31.0 Å². The van der Waals surface area contributed by atoms with Gasteiger partial charge >= 0.3 is 0 Å². The lowest BCUT2D eigenvalue weighted by Gasteiger charge is -2.12. The van der Waals surface area contributed by atoms with E-state index in [1.54, 1.807) is 0 Å². The van der Waals surface area contributed by atoms with E-state index in [1.807, 2.05) is 35.9 Å². The van der Waals surface area contributed by atoms with E-state index >= 15 is 0 Å². The number of aromatic nitrogens is 3. The average Bonchev–Trinajstić information content (AvgIpc) is 3.31. The van der Waals surface area contributed by atoms with Crippen molar-refractivity contribution < 1.29 is 4.79 Å². The maximum atomic E-state index is 12.0. The van der Waals surface area contributed by atoms with Gasteiger partial charge in [-0.3, -0.25) is 4.79 Å². The monoisotopic (exact) mass is 350 g/mol. The summed E-state index contributed by atoms with van der Waals surface area (Å²) in [6.45, 7) is 2.07. The molecular weight excluding hydrogens is 332 g/mol. The van der Waals surface area contributed by atoms with Crippen molar-refractivity contribution in [3.8, 4) is 11.4 Å². The Morgan fingerprint density at radius 3 is 2.74 bits per heavy atom. The Morgan fingerprint density at radius 1 is 1.39 bits per heavy atom. The molecule has 0 radical (unpaired) electrons. The van der Waals surface area contributed by atoms with Crippen LogP contribution in [0.15, 0.2) is 29.4 Å². The van der Waals surface area contributed by atoms with Crippen molar-refractivity contribution in [3.63, 3.8) is 0 Å². The van der Waals surface area contributed by atoms with E-state index in [0.29, 0.717) is 16.7 Å². The minimum atomic E-state index is 0.0467. The summed E-state index contributed by atoms with van der Waals surface area (Å²) < 4.78 is 1.89. The number of hydrogen-bond donors (Lipinski definition) is 1. The first-order valence-corrected chi connectivity index (χ1v) is 8.98. The van der Waals surface area contributed by atoms with Gasteiger partial charge in [0.05, 0.1) is 5.75 Å². The zero-order valence-electron chi connectivity index (χ0n) is 13.1. The lowest BCUT2D eigenvalue weighted by atomic mass is 10.2. The molecule has 1 unspecified atom stereocenters. The number of amides is 1. The molecule has 1 saturated carbocycles. The summed E-state index contributed by atoms with van der Waals surface area (Å²) in [7, 11) is 1.90. The summed E-state index contributed by atoms with van der Waals surface area (Å²) in [6, 6.07) is 7.73. The van der Waals surface area contributed by atoms with Gasteiger partial charge in [0.1, 0.15) is 0 Å². The third-order valence-electron chi connectivity index (χ3n) is 3.99. The van der Waals surface area contributed by atoms with Crippen molar-refractivity contribution in [3.05, 3.63) is 29.3 Å². The van der Waals surface area contributed by atoms with E-state index in [0.717, 1.165) is 16.5 Å². The number of halogens is 1. The molecular formula is C16H19ClN4OS. The minimum Gasteiger partial charge on any atom is -0.353 e. The topological polar surface area (TPSA) is 59.8 Å². The molecule has 122 valence electrons. The van der Waals surface area contributed by atoms with Gasteiger partial charge in [-0.15, -0.1) is 10.2 Å². The number of hydrogen-bond acceptors (Lipinski definition) is 4. The third-order valence-corrected chi connectivity index (χ3v) is 5.26. The molecule has 1 aliphatic carbocycles. The van der Waals surface area contributed by atoms with Crippen LogP contribution in [-0.2, 0) is 11.8 Å². The second kappa shape index (κ2) is 6.93. The molecule has 0 spiro atoms. The van der Waals surface area contributed by atoms with Gasteiger partial charge in [-0.2, -0.15) is 0 Å². The Hall–Kier alpha value is -1.53. The highest BCUT2D eigenvalue weighted by molar-refractivity contribution is 7.99. The predicted octanol–water partition coefficient (Wildman–Crippen LogP) is 3.14. The molecule has 1 aliphatic rings. The van der Waals surface area contributed by atoms with Crippen LogP contribution in [0, 0.1) is 5.92 Å². The molecule has 1 atom stereocenters. The van der Waals surface area contributed by atoms with Crippen molar-refractivity contribution in [1.29, 1.82) is 0 Å². The van der Waals surface area contributed by atoms with Gasteiger partial charge in [0.15, 0.2) is 11.0 Å². The third kappa shape index (κ3) is 4.06. The van der Waals surface area contributed by atoms with Crippen LogP contribution in [0.5, 0.6) is 0 Å². The molecule has 7 heteroatoms. The summed E-state index contributed by atoms with van der Waals surface area (Å²) in [5, 5.41) is 12.8. The highest BCUT2D eigenvalue weighted by Crippen LogP contribution is 2.32. The van der Waals surface area contributed by atoms with Gasteiger partial charge in [0.25, 0.3) is 0 Å². The van der Waals surface area contributed by atoms with E-state index in [1.165, 1.54) is 24.6 Å². The fraction of sp³-hybridized carbons (Fsp3) is 0.438. The second-order valence-electron chi connectivity index (χ2n) is 5.85. The van der Waals surface area contributed by atoms with Gasteiger partial charge in [-0.1, -0.05) is 23.4 Å². The summed E-state index contributed by atoms with van der Waals surface area (Å²) in [4.78, 5) is 12.0. The van der Waals surface area contributed by atoms with E-state index in [4.69, 9.17) is 11.6 Å². The van der Waals surface area contributed by atoms with Gasteiger partial charge < -0.3 is 9.88 Å². The quantitative estimate of drug-likeness (QED) is 0.813. The smallest absolute Gasteiger partial charge is 0.230 e. The molecule has 2 aromatic rings. The van der Waals surface area contributed by atoms with Crippen LogP contribution in [0.2, 0.25) is 5.02 Å². The summed E-state index contributed by atoms with van der Waals surface area (Å²) >= 11 is 7.30. The molecule has 1 aromatic heterocycles. The lowest BCUT2D eigenvalue weighted by molar-refractivity contribution is -0.119. The summed E-state index contributed by atoms with van der Waals surface area (Å²) in [5.74, 6) is 1.82. The number of benzene rings is 1. The van der Waals surface area contributed by atoms with Gasteiger partial charge in [0, 0.05) is 23.7 Å². The molecule has 5 nitrogen and oxygen atoms in total. The van der Waals surface area contributed by atoms with Crippen LogP contribution in [0.3, 0.4) is 0 Å². The van der Waals surface area contributed by atoms with Gasteiger partial charge in [0.2, 0.25) is 5.91 Å². The molecule has 0 bridgehead atoms. The maximum Gasteiger partial charge on any atom is 0.230 e. The summed E-state index contributed by atoms with van der Waals surface area (Å²) in [5.41, 5.74) is 0.947. The van der Waals surface area contributed by atoms with Crippen LogP contribution < -0.4 is 5.32 Å². The second-order valence-corrected chi connectivity index (χ2v) is 7.23. The number of nitrogens with zero attached hydrogens (tertiary/aromatic N) is 3. The highest BCUT2D eigenvalue weighted by atomic mass is 35.5. The SMILES string of the molecule is CC(NC(=O)CSc1nnc(-c2ccc(Cl)cc2)n1C)C1CC1. The summed E-state index contributed by atoms with van der Waals surface area (Å²) in [6.07, 6.45) is 2.45. The molecule has 23 heavy (non-hydrogen) atoms. The highest BCUT2D eigenvalue weighted by Gasteiger charge is 2.28. The zero-order valence-corrected chi connectivity index (χ0v) is 14.7. The number of thioether (sulfide) groups is 1. The molecule has 0 aliphatic heterocycles. The van der Waals surface area contributed by atoms with Crippen LogP contribution in [0.25, 0.3) is 11.4 Å². The van der Waals surface area contributed by atoms with Gasteiger partial charge in [-0.25, -0.2) is 0 Å².